The molecule has 0 bridgehead atoms. The fourth-order valence-electron chi connectivity index (χ4n) is 1.07. The van der Waals surface area contributed by atoms with Crippen molar-refractivity contribution in [2.45, 2.75) is 25.7 Å². The standard InChI is InChI=1S/C10H22N2O2/c1-12(2)10(14)9-11-7-5-3-4-6-8-13/h11,13H,3-9H2,1-2H3. The first kappa shape index (κ1) is 13.4. The molecule has 0 aliphatic carbocycles. The van der Waals surface area contributed by atoms with E-state index in [4.69, 9.17) is 5.11 Å². The minimum absolute atomic E-state index is 0.111. The fraction of sp³-hybridized carbons (Fsp3) is 0.900. The van der Waals surface area contributed by atoms with Crippen molar-refractivity contribution in [3.63, 3.8) is 0 Å². The van der Waals surface area contributed by atoms with Crippen molar-refractivity contribution in [1.82, 2.24) is 10.2 Å². The maximum absolute atomic E-state index is 11.1. The number of carbonyl (C=O) groups excluding carboxylic acids is 1. The van der Waals surface area contributed by atoms with Crippen molar-refractivity contribution >= 4 is 5.91 Å². The lowest BCUT2D eigenvalue weighted by Crippen LogP contribution is -2.33. The Bertz CT molecular complexity index is 149. The van der Waals surface area contributed by atoms with Crippen LogP contribution in [0.3, 0.4) is 0 Å². The van der Waals surface area contributed by atoms with Crippen LogP contribution < -0.4 is 5.32 Å². The van der Waals surface area contributed by atoms with Gasteiger partial charge >= 0.3 is 0 Å². The summed E-state index contributed by atoms with van der Waals surface area (Å²) in [5.41, 5.74) is 0. The quantitative estimate of drug-likeness (QED) is 0.553. The molecule has 0 aromatic heterocycles. The Morgan fingerprint density at radius 3 is 2.43 bits per heavy atom. The van der Waals surface area contributed by atoms with Gasteiger partial charge in [-0.2, -0.15) is 0 Å². The van der Waals surface area contributed by atoms with Gasteiger partial charge in [-0.3, -0.25) is 4.79 Å². The molecular weight excluding hydrogens is 180 g/mol. The summed E-state index contributed by atoms with van der Waals surface area (Å²) < 4.78 is 0. The highest BCUT2D eigenvalue weighted by molar-refractivity contribution is 5.77. The van der Waals surface area contributed by atoms with E-state index in [1.165, 1.54) is 0 Å². The number of amides is 1. The lowest BCUT2D eigenvalue weighted by atomic mass is 10.2. The van der Waals surface area contributed by atoms with E-state index >= 15 is 0 Å². The minimum Gasteiger partial charge on any atom is -0.396 e. The van der Waals surface area contributed by atoms with Gasteiger partial charge in [-0.25, -0.2) is 0 Å². The first-order chi connectivity index (χ1) is 6.68. The van der Waals surface area contributed by atoms with E-state index in [9.17, 15) is 4.79 Å². The van der Waals surface area contributed by atoms with E-state index in [0.29, 0.717) is 6.54 Å². The van der Waals surface area contributed by atoms with E-state index in [2.05, 4.69) is 5.32 Å². The molecule has 0 rings (SSSR count). The van der Waals surface area contributed by atoms with E-state index in [-0.39, 0.29) is 12.5 Å². The number of likely N-dealkylation sites (N-methyl/N-ethyl adjacent to an activating group) is 1. The molecule has 4 nitrogen and oxygen atoms in total. The highest BCUT2D eigenvalue weighted by atomic mass is 16.2. The van der Waals surface area contributed by atoms with Crippen molar-refractivity contribution in [3.8, 4) is 0 Å². The molecule has 1 amide bonds. The average Bonchev–Trinajstić information content (AvgIpc) is 2.16. The predicted molar refractivity (Wildman–Crippen MR) is 57.1 cm³/mol. The molecule has 0 radical (unpaired) electrons. The van der Waals surface area contributed by atoms with Crippen LogP contribution in [-0.2, 0) is 4.79 Å². The Morgan fingerprint density at radius 1 is 1.21 bits per heavy atom. The zero-order valence-electron chi connectivity index (χ0n) is 9.25. The maximum atomic E-state index is 11.1. The molecule has 4 heteroatoms. The largest absolute Gasteiger partial charge is 0.396 e. The van der Waals surface area contributed by atoms with Crippen molar-refractivity contribution < 1.29 is 9.90 Å². The Kier molecular flexibility index (Phi) is 8.57. The summed E-state index contributed by atoms with van der Waals surface area (Å²) in [6, 6.07) is 0. The van der Waals surface area contributed by atoms with Gasteiger partial charge in [-0.15, -0.1) is 0 Å². The maximum Gasteiger partial charge on any atom is 0.236 e. The molecule has 0 saturated carbocycles. The number of hydrogen-bond acceptors (Lipinski definition) is 3. The number of hydrogen-bond donors (Lipinski definition) is 2. The van der Waals surface area contributed by atoms with E-state index in [1.54, 1.807) is 19.0 Å². The number of aliphatic hydroxyl groups excluding tert-OH is 1. The number of nitrogens with zero attached hydrogens (tertiary/aromatic N) is 1. The monoisotopic (exact) mass is 202 g/mol. The van der Waals surface area contributed by atoms with Gasteiger partial charge in [-0.05, 0) is 19.4 Å². The topological polar surface area (TPSA) is 52.6 Å². The second kappa shape index (κ2) is 8.97. The molecule has 0 aliphatic rings. The van der Waals surface area contributed by atoms with E-state index < -0.39 is 0 Å². The third-order valence-electron chi connectivity index (χ3n) is 2.04. The molecule has 0 atom stereocenters. The van der Waals surface area contributed by atoms with Crippen LogP contribution in [0.15, 0.2) is 0 Å². The predicted octanol–water partition coefficient (Wildman–Crippen LogP) is 0.217. The Labute approximate surface area is 86.3 Å². The smallest absolute Gasteiger partial charge is 0.236 e. The average molecular weight is 202 g/mol. The van der Waals surface area contributed by atoms with Crippen LogP contribution in [0.5, 0.6) is 0 Å². The number of nitrogens with one attached hydrogen (secondary N) is 1. The van der Waals surface area contributed by atoms with Gasteiger partial charge in [0.2, 0.25) is 5.91 Å². The highest BCUT2D eigenvalue weighted by Crippen LogP contribution is 1.97. The molecule has 84 valence electrons. The van der Waals surface area contributed by atoms with Gasteiger partial charge < -0.3 is 15.3 Å². The highest BCUT2D eigenvalue weighted by Gasteiger charge is 2.01. The molecule has 0 unspecified atom stereocenters. The van der Waals surface area contributed by atoms with Crippen LogP contribution in [0.1, 0.15) is 25.7 Å². The zero-order valence-corrected chi connectivity index (χ0v) is 9.25. The Morgan fingerprint density at radius 2 is 1.86 bits per heavy atom. The summed E-state index contributed by atoms with van der Waals surface area (Å²) in [6.07, 6.45) is 4.14. The molecule has 0 heterocycles. The second-order valence-corrected chi connectivity index (χ2v) is 3.60. The van der Waals surface area contributed by atoms with Crippen LogP contribution in [0.25, 0.3) is 0 Å². The molecule has 0 aromatic rings. The van der Waals surface area contributed by atoms with Crippen molar-refractivity contribution in [3.05, 3.63) is 0 Å². The molecule has 0 aromatic carbocycles. The summed E-state index contributed by atoms with van der Waals surface area (Å²) in [6.45, 7) is 1.59. The third kappa shape index (κ3) is 8.01. The fourth-order valence-corrected chi connectivity index (χ4v) is 1.07. The van der Waals surface area contributed by atoms with Gasteiger partial charge in [0.1, 0.15) is 0 Å². The molecule has 0 spiro atoms. The zero-order chi connectivity index (χ0) is 10.8. The molecule has 2 N–H and O–H groups in total. The molecule has 0 fully saturated rings. The SMILES string of the molecule is CN(C)C(=O)CNCCCCCCO. The molecule has 0 aliphatic heterocycles. The lowest BCUT2D eigenvalue weighted by molar-refractivity contribution is -0.127. The van der Waals surface area contributed by atoms with Gasteiger partial charge in [0.15, 0.2) is 0 Å². The molecular formula is C10H22N2O2. The van der Waals surface area contributed by atoms with Gasteiger partial charge in [-0.1, -0.05) is 12.8 Å². The lowest BCUT2D eigenvalue weighted by Gasteiger charge is -2.10. The van der Waals surface area contributed by atoms with Crippen molar-refractivity contribution in [1.29, 1.82) is 0 Å². The third-order valence-corrected chi connectivity index (χ3v) is 2.04. The first-order valence-electron chi connectivity index (χ1n) is 5.20. The van der Waals surface area contributed by atoms with Gasteiger partial charge in [0.05, 0.1) is 6.54 Å². The van der Waals surface area contributed by atoms with Crippen LogP contribution >= 0.6 is 0 Å². The van der Waals surface area contributed by atoms with Crippen molar-refractivity contribution in [2.24, 2.45) is 0 Å². The van der Waals surface area contributed by atoms with Crippen molar-refractivity contribution in [2.75, 3.05) is 33.8 Å². The molecule has 14 heavy (non-hydrogen) atoms. The normalized spacial score (nSPS) is 10.2. The summed E-state index contributed by atoms with van der Waals surface area (Å²) in [4.78, 5) is 12.7. The number of rotatable bonds is 8. The Balaban J connectivity index is 3.10. The minimum atomic E-state index is 0.111. The van der Waals surface area contributed by atoms with E-state index in [1.807, 2.05) is 0 Å². The molecule has 0 saturated heterocycles. The number of carbonyl (C=O) groups is 1. The van der Waals surface area contributed by atoms with Crippen LogP contribution in [0.2, 0.25) is 0 Å². The second-order valence-electron chi connectivity index (χ2n) is 3.60. The summed E-state index contributed by atoms with van der Waals surface area (Å²) in [5.74, 6) is 0.111. The first-order valence-corrected chi connectivity index (χ1v) is 5.20. The number of unbranched alkanes of at least 4 members (excludes halogenated alkanes) is 3. The van der Waals surface area contributed by atoms with Crippen LogP contribution in [0, 0.1) is 0 Å². The summed E-state index contributed by atoms with van der Waals surface area (Å²) in [5, 5.41) is 11.6. The summed E-state index contributed by atoms with van der Waals surface area (Å²) >= 11 is 0. The van der Waals surface area contributed by atoms with Gasteiger partial charge in [0, 0.05) is 20.7 Å². The Hall–Kier alpha value is -0.610. The van der Waals surface area contributed by atoms with E-state index in [0.717, 1.165) is 32.2 Å². The number of aliphatic hydroxyl groups is 1. The van der Waals surface area contributed by atoms with Crippen LogP contribution in [-0.4, -0.2) is 49.7 Å². The summed E-state index contributed by atoms with van der Waals surface area (Å²) in [7, 11) is 3.51. The van der Waals surface area contributed by atoms with Crippen LogP contribution in [0.4, 0.5) is 0 Å². The van der Waals surface area contributed by atoms with Gasteiger partial charge in [0.25, 0.3) is 0 Å².